The summed E-state index contributed by atoms with van der Waals surface area (Å²) in [5, 5.41) is 9.19. The van der Waals surface area contributed by atoms with Crippen LogP contribution in [0.25, 0.3) is 5.76 Å². The molecule has 0 saturated carbocycles. The molecule has 0 bridgehead atoms. The lowest BCUT2D eigenvalue weighted by molar-refractivity contribution is 0.0562. The van der Waals surface area contributed by atoms with Crippen LogP contribution >= 0.6 is 0 Å². The molecular formula is C15H14O4. The van der Waals surface area contributed by atoms with E-state index in [2.05, 4.69) is 0 Å². The highest BCUT2D eigenvalue weighted by atomic mass is 16.5. The summed E-state index contributed by atoms with van der Waals surface area (Å²) in [6.07, 6.45) is 1.39. The second-order valence-electron chi connectivity index (χ2n) is 5.53. The molecule has 1 aromatic carbocycles. The van der Waals surface area contributed by atoms with Gasteiger partial charge in [-0.05, 0) is 32.8 Å². The number of benzene rings is 1. The molecule has 1 aromatic rings. The molecule has 98 valence electrons. The van der Waals surface area contributed by atoms with Gasteiger partial charge in [0.05, 0.1) is 5.56 Å². The largest absolute Gasteiger partial charge is 0.487 e. The van der Waals surface area contributed by atoms with Gasteiger partial charge in [-0.3, -0.25) is 4.79 Å². The maximum Gasteiger partial charge on any atom is 0.336 e. The fraction of sp³-hybridized carbons (Fsp3) is 0.333. The van der Waals surface area contributed by atoms with Crippen LogP contribution in [0.2, 0.25) is 0 Å². The predicted octanol–water partition coefficient (Wildman–Crippen LogP) is 2.88. The van der Waals surface area contributed by atoms with Gasteiger partial charge >= 0.3 is 5.97 Å². The lowest BCUT2D eigenvalue weighted by Crippen LogP contribution is -2.27. The Morgan fingerprint density at radius 2 is 2.11 bits per heavy atom. The van der Waals surface area contributed by atoms with Gasteiger partial charge in [-0.1, -0.05) is 12.1 Å². The van der Waals surface area contributed by atoms with E-state index in [1.165, 1.54) is 6.07 Å². The first kappa shape index (κ1) is 12.0. The zero-order valence-corrected chi connectivity index (χ0v) is 10.8. The number of hydrogen-bond donors (Lipinski definition) is 1. The number of Topliss-reactive ketones (excluding diaryl/α,β-unsaturated/α-hetero) is 1. The number of fused-ring (bicyclic) bond motifs is 2. The Kier molecular flexibility index (Phi) is 2.33. The van der Waals surface area contributed by atoms with E-state index >= 15 is 0 Å². The number of carboxylic acid groups (broad SMARTS) is 1. The van der Waals surface area contributed by atoms with E-state index in [0.29, 0.717) is 23.3 Å². The number of aromatic carboxylic acids is 1. The summed E-state index contributed by atoms with van der Waals surface area (Å²) >= 11 is 0. The molecule has 19 heavy (non-hydrogen) atoms. The molecule has 0 fully saturated rings. The van der Waals surface area contributed by atoms with Crippen molar-refractivity contribution in [2.24, 2.45) is 0 Å². The Morgan fingerprint density at radius 1 is 1.37 bits per heavy atom. The number of ketones is 1. The van der Waals surface area contributed by atoms with E-state index in [9.17, 15) is 14.7 Å². The van der Waals surface area contributed by atoms with Gasteiger partial charge in [0.1, 0.15) is 11.4 Å². The summed E-state index contributed by atoms with van der Waals surface area (Å²) < 4.78 is 5.90. The number of allylic oxidation sites excluding steroid dienone is 1. The highest BCUT2D eigenvalue weighted by Crippen LogP contribution is 2.44. The molecule has 0 saturated heterocycles. The normalized spacial score (nSPS) is 19.8. The van der Waals surface area contributed by atoms with Crippen molar-refractivity contribution in [2.45, 2.75) is 32.3 Å². The van der Waals surface area contributed by atoms with Gasteiger partial charge in [0.2, 0.25) is 0 Å². The maximum absolute atomic E-state index is 12.4. The van der Waals surface area contributed by atoms with Crippen LogP contribution in [-0.4, -0.2) is 22.5 Å². The van der Waals surface area contributed by atoms with E-state index in [1.54, 1.807) is 12.1 Å². The maximum atomic E-state index is 12.4. The van der Waals surface area contributed by atoms with Gasteiger partial charge in [0.25, 0.3) is 0 Å². The first-order chi connectivity index (χ1) is 8.91. The van der Waals surface area contributed by atoms with Crippen molar-refractivity contribution < 1.29 is 19.4 Å². The third-order valence-electron chi connectivity index (χ3n) is 3.67. The minimum absolute atomic E-state index is 0.0540. The van der Waals surface area contributed by atoms with Crippen LogP contribution in [0.5, 0.6) is 0 Å². The average Bonchev–Trinajstić information content (AvgIpc) is 2.61. The van der Waals surface area contributed by atoms with Crippen molar-refractivity contribution in [1.82, 2.24) is 0 Å². The van der Waals surface area contributed by atoms with Gasteiger partial charge in [0, 0.05) is 16.7 Å². The third-order valence-corrected chi connectivity index (χ3v) is 3.67. The van der Waals surface area contributed by atoms with Crippen LogP contribution in [0, 0.1) is 0 Å². The summed E-state index contributed by atoms with van der Waals surface area (Å²) in [4.78, 5) is 23.6. The van der Waals surface area contributed by atoms with Gasteiger partial charge in [-0.25, -0.2) is 4.79 Å². The molecule has 4 heteroatoms. The molecule has 1 N–H and O–H groups in total. The van der Waals surface area contributed by atoms with Crippen molar-refractivity contribution in [1.29, 1.82) is 0 Å². The second-order valence-corrected chi connectivity index (χ2v) is 5.53. The Morgan fingerprint density at radius 3 is 2.79 bits per heavy atom. The number of carbonyl (C=O) groups is 2. The SMILES string of the molecule is CC1(C)CCC2=C(O1)c1cccc(C(=O)O)c1C2=O. The zero-order chi connectivity index (χ0) is 13.8. The first-order valence-electron chi connectivity index (χ1n) is 6.24. The standard InChI is InChI=1S/C15H14O4/c1-15(2)7-6-10-12(16)11-8(13(10)19-15)4-3-5-9(11)14(17)18/h3-5H,6-7H2,1-2H3,(H,17,18). The molecule has 1 aliphatic carbocycles. The van der Waals surface area contributed by atoms with Crippen molar-refractivity contribution in [2.75, 3.05) is 0 Å². The lowest BCUT2D eigenvalue weighted by atomic mass is 9.94. The van der Waals surface area contributed by atoms with Crippen molar-refractivity contribution >= 4 is 17.5 Å². The number of rotatable bonds is 1. The van der Waals surface area contributed by atoms with E-state index < -0.39 is 5.97 Å². The molecule has 0 radical (unpaired) electrons. The van der Waals surface area contributed by atoms with E-state index in [1.807, 2.05) is 13.8 Å². The Balaban J connectivity index is 2.19. The smallest absolute Gasteiger partial charge is 0.336 e. The molecular weight excluding hydrogens is 244 g/mol. The van der Waals surface area contributed by atoms with Gasteiger partial charge in [0.15, 0.2) is 5.78 Å². The number of carboxylic acids is 1. The van der Waals surface area contributed by atoms with Crippen LogP contribution in [0.1, 0.15) is 53.0 Å². The van der Waals surface area contributed by atoms with E-state index in [-0.39, 0.29) is 22.5 Å². The molecule has 4 nitrogen and oxygen atoms in total. The molecule has 1 heterocycles. The van der Waals surface area contributed by atoms with E-state index in [4.69, 9.17) is 4.74 Å². The lowest BCUT2D eigenvalue weighted by Gasteiger charge is -2.31. The average molecular weight is 258 g/mol. The molecule has 3 rings (SSSR count). The Bertz CT molecular complexity index is 638. The highest BCUT2D eigenvalue weighted by molar-refractivity contribution is 6.23. The summed E-state index contributed by atoms with van der Waals surface area (Å²) in [7, 11) is 0. The highest BCUT2D eigenvalue weighted by Gasteiger charge is 2.40. The molecule has 0 aromatic heterocycles. The van der Waals surface area contributed by atoms with Crippen LogP contribution in [0.15, 0.2) is 23.8 Å². The van der Waals surface area contributed by atoms with Crippen LogP contribution in [-0.2, 0) is 4.74 Å². The van der Waals surface area contributed by atoms with Gasteiger partial charge in [-0.15, -0.1) is 0 Å². The first-order valence-corrected chi connectivity index (χ1v) is 6.24. The van der Waals surface area contributed by atoms with E-state index in [0.717, 1.165) is 6.42 Å². The fourth-order valence-corrected chi connectivity index (χ4v) is 2.68. The van der Waals surface area contributed by atoms with Crippen LogP contribution in [0.3, 0.4) is 0 Å². The fourth-order valence-electron chi connectivity index (χ4n) is 2.68. The molecule has 0 atom stereocenters. The quantitative estimate of drug-likeness (QED) is 0.841. The molecule has 0 amide bonds. The number of ether oxygens (including phenoxy) is 1. The van der Waals surface area contributed by atoms with Crippen LogP contribution < -0.4 is 0 Å². The molecule has 2 aliphatic rings. The monoisotopic (exact) mass is 258 g/mol. The number of hydrogen-bond acceptors (Lipinski definition) is 3. The Hall–Kier alpha value is -2.10. The second kappa shape index (κ2) is 3.70. The summed E-state index contributed by atoms with van der Waals surface area (Å²) in [5.41, 5.74) is 1.24. The van der Waals surface area contributed by atoms with Crippen molar-refractivity contribution in [3.8, 4) is 0 Å². The minimum atomic E-state index is -1.08. The summed E-state index contributed by atoms with van der Waals surface area (Å²) in [5.74, 6) is -0.706. The van der Waals surface area contributed by atoms with Crippen molar-refractivity contribution in [3.63, 3.8) is 0 Å². The third kappa shape index (κ3) is 1.67. The Labute approximate surface area is 110 Å². The van der Waals surface area contributed by atoms with Crippen LogP contribution in [0.4, 0.5) is 0 Å². The van der Waals surface area contributed by atoms with Crippen molar-refractivity contribution in [3.05, 3.63) is 40.5 Å². The molecule has 0 spiro atoms. The molecule has 0 unspecified atom stereocenters. The summed E-state index contributed by atoms with van der Waals surface area (Å²) in [6, 6.07) is 4.86. The molecule has 1 aliphatic heterocycles. The summed E-state index contributed by atoms with van der Waals surface area (Å²) in [6.45, 7) is 3.95. The van der Waals surface area contributed by atoms with Gasteiger partial charge < -0.3 is 9.84 Å². The number of carbonyl (C=O) groups excluding carboxylic acids is 1. The predicted molar refractivity (Wildman–Crippen MR) is 69.0 cm³/mol. The topological polar surface area (TPSA) is 63.6 Å². The van der Waals surface area contributed by atoms with Gasteiger partial charge in [-0.2, -0.15) is 0 Å². The zero-order valence-electron chi connectivity index (χ0n) is 10.8. The minimum Gasteiger partial charge on any atom is -0.487 e.